The van der Waals surface area contributed by atoms with Crippen LogP contribution in [0.25, 0.3) is 0 Å². The number of hydrogen-bond acceptors (Lipinski definition) is 2. The van der Waals surface area contributed by atoms with Gasteiger partial charge in [0.1, 0.15) is 5.82 Å². The van der Waals surface area contributed by atoms with E-state index in [0.717, 1.165) is 11.1 Å². The second-order valence-corrected chi connectivity index (χ2v) is 6.80. The topological polar surface area (TPSA) is 26.0 Å². The summed E-state index contributed by atoms with van der Waals surface area (Å²) in [5, 5.41) is 0. The van der Waals surface area contributed by atoms with Crippen LogP contribution in [0.4, 0.5) is 4.39 Å². The third-order valence-corrected chi connectivity index (χ3v) is 5.47. The summed E-state index contributed by atoms with van der Waals surface area (Å²) in [6.45, 7) is 1.99. The van der Waals surface area contributed by atoms with E-state index in [9.17, 15) is 4.39 Å². The van der Waals surface area contributed by atoms with Crippen molar-refractivity contribution in [3.63, 3.8) is 0 Å². The first-order chi connectivity index (χ1) is 9.65. The Kier molecular flexibility index (Phi) is 3.90. The van der Waals surface area contributed by atoms with Crippen LogP contribution in [0.15, 0.2) is 24.3 Å². The van der Waals surface area contributed by atoms with Crippen molar-refractivity contribution in [1.82, 2.24) is 0 Å². The third kappa shape index (κ3) is 2.65. The Morgan fingerprint density at radius 1 is 1.15 bits per heavy atom. The van der Waals surface area contributed by atoms with Gasteiger partial charge in [-0.05, 0) is 67.5 Å². The van der Waals surface area contributed by atoms with Gasteiger partial charge in [0.15, 0.2) is 0 Å². The lowest BCUT2D eigenvalue weighted by molar-refractivity contribution is 0.623. The SMILES string of the molecule is Cc1ccc(F)cc1C(N)c1cc2c(s1)CCCCC2. The van der Waals surface area contributed by atoms with Gasteiger partial charge in [0.25, 0.3) is 0 Å². The molecule has 2 aromatic rings. The van der Waals surface area contributed by atoms with E-state index >= 15 is 0 Å². The highest BCUT2D eigenvalue weighted by Gasteiger charge is 2.18. The first kappa shape index (κ1) is 13.8. The molecule has 2 N–H and O–H groups in total. The van der Waals surface area contributed by atoms with Crippen molar-refractivity contribution in [2.24, 2.45) is 5.73 Å². The van der Waals surface area contributed by atoms with Crippen LogP contribution in [0.5, 0.6) is 0 Å². The van der Waals surface area contributed by atoms with Crippen molar-refractivity contribution in [3.8, 4) is 0 Å². The molecule has 20 heavy (non-hydrogen) atoms. The van der Waals surface area contributed by atoms with Crippen molar-refractivity contribution < 1.29 is 4.39 Å². The zero-order valence-corrected chi connectivity index (χ0v) is 12.6. The van der Waals surface area contributed by atoms with Crippen LogP contribution in [-0.4, -0.2) is 0 Å². The number of rotatable bonds is 2. The van der Waals surface area contributed by atoms with Gasteiger partial charge in [-0.3, -0.25) is 0 Å². The molecule has 1 unspecified atom stereocenters. The molecule has 1 aliphatic rings. The molecule has 0 aliphatic heterocycles. The Morgan fingerprint density at radius 3 is 2.80 bits per heavy atom. The molecule has 0 saturated heterocycles. The number of fused-ring (bicyclic) bond motifs is 1. The summed E-state index contributed by atoms with van der Waals surface area (Å²) in [6.07, 6.45) is 6.22. The molecule has 0 saturated carbocycles. The monoisotopic (exact) mass is 289 g/mol. The Labute approximate surface area is 123 Å². The second-order valence-electron chi connectivity index (χ2n) is 5.64. The smallest absolute Gasteiger partial charge is 0.123 e. The number of nitrogens with two attached hydrogens (primary N) is 1. The van der Waals surface area contributed by atoms with Crippen molar-refractivity contribution in [3.05, 3.63) is 56.5 Å². The lowest BCUT2D eigenvalue weighted by atomic mass is 9.99. The summed E-state index contributed by atoms with van der Waals surface area (Å²) in [4.78, 5) is 2.66. The lowest BCUT2D eigenvalue weighted by Gasteiger charge is -2.13. The molecule has 1 heterocycles. The molecule has 1 nitrogen and oxygen atoms in total. The van der Waals surface area contributed by atoms with E-state index in [4.69, 9.17) is 5.73 Å². The largest absolute Gasteiger partial charge is 0.320 e. The first-order valence-corrected chi connectivity index (χ1v) is 8.10. The van der Waals surface area contributed by atoms with Crippen LogP contribution < -0.4 is 5.73 Å². The summed E-state index contributed by atoms with van der Waals surface area (Å²) < 4.78 is 13.5. The Bertz CT molecular complexity index is 594. The Balaban J connectivity index is 1.94. The van der Waals surface area contributed by atoms with Crippen molar-refractivity contribution in [1.29, 1.82) is 0 Å². The summed E-state index contributed by atoms with van der Waals surface area (Å²) in [6, 6.07) is 6.92. The molecule has 106 valence electrons. The van der Waals surface area contributed by atoms with E-state index in [1.54, 1.807) is 6.07 Å². The van der Waals surface area contributed by atoms with Gasteiger partial charge in [-0.1, -0.05) is 12.5 Å². The van der Waals surface area contributed by atoms with Crippen molar-refractivity contribution in [2.45, 2.75) is 45.1 Å². The molecular formula is C17H20FNS. The molecule has 1 aromatic carbocycles. The number of hydrogen-bond donors (Lipinski definition) is 1. The maximum atomic E-state index is 13.5. The first-order valence-electron chi connectivity index (χ1n) is 7.28. The fourth-order valence-corrected chi connectivity index (χ4v) is 4.22. The third-order valence-electron chi connectivity index (χ3n) is 4.15. The van der Waals surface area contributed by atoms with E-state index in [2.05, 4.69) is 6.07 Å². The molecule has 1 aliphatic carbocycles. The molecule has 0 radical (unpaired) electrons. The zero-order chi connectivity index (χ0) is 14.1. The highest BCUT2D eigenvalue weighted by molar-refractivity contribution is 7.12. The van der Waals surface area contributed by atoms with Crippen LogP contribution in [-0.2, 0) is 12.8 Å². The van der Waals surface area contributed by atoms with Crippen LogP contribution in [0.1, 0.15) is 51.7 Å². The molecule has 3 heteroatoms. The van der Waals surface area contributed by atoms with Gasteiger partial charge >= 0.3 is 0 Å². The van der Waals surface area contributed by atoms with Crippen LogP contribution in [0.3, 0.4) is 0 Å². The van der Waals surface area contributed by atoms with Crippen molar-refractivity contribution in [2.75, 3.05) is 0 Å². The summed E-state index contributed by atoms with van der Waals surface area (Å²) >= 11 is 1.82. The fourth-order valence-electron chi connectivity index (χ4n) is 2.94. The van der Waals surface area contributed by atoms with Gasteiger partial charge < -0.3 is 5.73 Å². The molecule has 3 rings (SSSR count). The van der Waals surface area contributed by atoms with Crippen LogP contribution in [0.2, 0.25) is 0 Å². The number of aryl methyl sites for hydroxylation is 3. The van der Waals surface area contributed by atoms with E-state index < -0.39 is 0 Å². The highest BCUT2D eigenvalue weighted by atomic mass is 32.1. The van der Waals surface area contributed by atoms with Crippen LogP contribution >= 0.6 is 11.3 Å². The van der Waals surface area contributed by atoms with Gasteiger partial charge in [0.05, 0.1) is 6.04 Å². The van der Waals surface area contributed by atoms with E-state index in [-0.39, 0.29) is 11.9 Å². The quantitative estimate of drug-likeness (QED) is 0.809. The van der Waals surface area contributed by atoms with Gasteiger partial charge in [-0.2, -0.15) is 0 Å². The summed E-state index contributed by atoms with van der Waals surface area (Å²) in [5.74, 6) is -0.209. The van der Waals surface area contributed by atoms with Crippen LogP contribution in [0, 0.1) is 12.7 Å². The minimum atomic E-state index is -0.209. The molecule has 1 atom stereocenters. The minimum Gasteiger partial charge on any atom is -0.320 e. The maximum Gasteiger partial charge on any atom is 0.123 e. The minimum absolute atomic E-state index is 0.206. The molecule has 0 amide bonds. The molecule has 1 aromatic heterocycles. The Morgan fingerprint density at radius 2 is 1.95 bits per heavy atom. The Hall–Kier alpha value is -1.19. The average molecular weight is 289 g/mol. The van der Waals surface area contributed by atoms with Gasteiger partial charge in [0.2, 0.25) is 0 Å². The van der Waals surface area contributed by atoms with Gasteiger partial charge in [-0.25, -0.2) is 4.39 Å². The normalized spacial score (nSPS) is 16.6. The molecule has 0 bridgehead atoms. The standard InChI is InChI=1S/C17H20FNS/c1-11-7-8-13(18)10-14(11)17(19)16-9-12-5-3-2-4-6-15(12)20-16/h7-10,17H,2-6,19H2,1H3. The molecular weight excluding hydrogens is 269 g/mol. The number of halogens is 1. The molecule has 0 spiro atoms. The zero-order valence-electron chi connectivity index (χ0n) is 11.8. The maximum absolute atomic E-state index is 13.5. The highest BCUT2D eigenvalue weighted by Crippen LogP contribution is 2.34. The van der Waals surface area contributed by atoms with Gasteiger partial charge in [-0.15, -0.1) is 11.3 Å². The lowest BCUT2D eigenvalue weighted by Crippen LogP contribution is -2.12. The predicted molar refractivity (Wildman–Crippen MR) is 82.7 cm³/mol. The van der Waals surface area contributed by atoms with Gasteiger partial charge in [0, 0.05) is 9.75 Å². The van der Waals surface area contributed by atoms with E-state index in [0.29, 0.717) is 0 Å². The summed E-state index contributed by atoms with van der Waals surface area (Å²) in [5.41, 5.74) is 9.81. The fraction of sp³-hybridized carbons (Fsp3) is 0.412. The molecule has 0 fully saturated rings. The predicted octanol–water partition coefficient (Wildman–Crippen LogP) is 4.51. The van der Waals surface area contributed by atoms with E-state index in [1.165, 1.54) is 53.5 Å². The average Bonchev–Trinajstić information content (AvgIpc) is 2.72. The van der Waals surface area contributed by atoms with E-state index in [1.807, 2.05) is 24.3 Å². The summed E-state index contributed by atoms with van der Waals surface area (Å²) in [7, 11) is 0. The number of benzene rings is 1. The number of thiophene rings is 1. The van der Waals surface area contributed by atoms with Crippen molar-refractivity contribution >= 4 is 11.3 Å². The second kappa shape index (κ2) is 5.66.